The zero-order chi connectivity index (χ0) is 30.9. The number of aromatic nitrogens is 3. The van der Waals surface area contributed by atoms with Crippen LogP contribution < -0.4 is 15.0 Å². The zero-order valence-electron chi connectivity index (χ0n) is 24.7. The first-order valence-electron chi connectivity index (χ1n) is 15.6. The van der Waals surface area contributed by atoms with E-state index in [-0.39, 0.29) is 58.3 Å². The Morgan fingerprint density at radius 1 is 1.11 bits per heavy atom. The van der Waals surface area contributed by atoms with Crippen LogP contribution in [-0.4, -0.2) is 81.5 Å². The number of rotatable bonds is 6. The molecule has 8 rings (SSSR count). The highest BCUT2D eigenvalue weighted by atomic mass is 19.1. The van der Waals surface area contributed by atoms with Gasteiger partial charge in [-0.3, -0.25) is 4.90 Å². The molecule has 0 aliphatic carbocycles. The number of anilines is 1. The molecule has 0 radical (unpaired) electrons. The van der Waals surface area contributed by atoms with Gasteiger partial charge in [0.1, 0.15) is 42.2 Å². The van der Waals surface area contributed by atoms with Gasteiger partial charge in [0.05, 0.1) is 16.6 Å². The van der Waals surface area contributed by atoms with Gasteiger partial charge in [0.2, 0.25) is 0 Å². The fourth-order valence-corrected chi connectivity index (χ4v) is 8.11. The summed E-state index contributed by atoms with van der Waals surface area (Å²) in [5.74, 6) is 2.10. The Kier molecular flexibility index (Phi) is 6.76. The van der Waals surface area contributed by atoms with Crippen molar-refractivity contribution in [3.63, 3.8) is 0 Å². The van der Waals surface area contributed by atoms with E-state index < -0.39 is 24.2 Å². The van der Waals surface area contributed by atoms with E-state index in [0.29, 0.717) is 48.2 Å². The lowest BCUT2D eigenvalue weighted by atomic mass is 9.95. The molecule has 4 aliphatic rings. The Morgan fingerprint density at radius 3 is 2.71 bits per heavy atom. The Labute approximate surface area is 258 Å². The van der Waals surface area contributed by atoms with E-state index in [0.717, 1.165) is 32.2 Å². The van der Waals surface area contributed by atoms with Gasteiger partial charge < -0.3 is 20.1 Å². The number of phenols is 1. The molecule has 4 aromatic rings. The van der Waals surface area contributed by atoms with Crippen LogP contribution in [0.3, 0.4) is 0 Å². The summed E-state index contributed by atoms with van der Waals surface area (Å²) in [6, 6.07) is 8.58. The third-order valence-electron chi connectivity index (χ3n) is 10.1. The van der Waals surface area contributed by atoms with E-state index in [1.165, 1.54) is 12.1 Å². The van der Waals surface area contributed by atoms with E-state index in [1.807, 2.05) is 4.90 Å². The van der Waals surface area contributed by atoms with Crippen LogP contribution in [0.1, 0.15) is 43.4 Å². The molecule has 2 N–H and O–H groups in total. The maximum atomic E-state index is 16.9. The van der Waals surface area contributed by atoms with Crippen molar-refractivity contribution in [3.05, 3.63) is 47.4 Å². The van der Waals surface area contributed by atoms with Gasteiger partial charge in [-0.25, -0.2) is 18.2 Å². The quantitative estimate of drug-likeness (QED) is 0.293. The Bertz CT molecular complexity index is 1870. The second kappa shape index (κ2) is 10.7. The number of piperazine rings is 1. The van der Waals surface area contributed by atoms with E-state index in [2.05, 4.69) is 26.1 Å². The number of hydrogen-bond donors (Lipinski definition) is 2. The molecular weight excluding hydrogens is 581 g/mol. The summed E-state index contributed by atoms with van der Waals surface area (Å²) in [5.41, 5.74) is -0.0481. The van der Waals surface area contributed by atoms with Gasteiger partial charge in [-0.05, 0) is 55.8 Å². The molecule has 0 spiro atoms. The Hall–Kier alpha value is -4.14. The summed E-state index contributed by atoms with van der Waals surface area (Å²) < 4.78 is 52.6. The van der Waals surface area contributed by atoms with Crippen molar-refractivity contribution in [2.45, 2.75) is 62.6 Å². The monoisotopic (exact) mass is 614 g/mol. The number of terminal acetylenes is 1. The predicted molar refractivity (Wildman–Crippen MR) is 165 cm³/mol. The number of pyridine rings is 1. The molecule has 6 heterocycles. The lowest BCUT2D eigenvalue weighted by molar-refractivity contribution is 0.107. The van der Waals surface area contributed by atoms with Crippen molar-refractivity contribution in [1.82, 2.24) is 25.2 Å². The normalized spacial score (nSPS) is 26.1. The summed E-state index contributed by atoms with van der Waals surface area (Å²) in [4.78, 5) is 18.0. The van der Waals surface area contributed by atoms with Gasteiger partial charge in [-0.15, -0.1) is 6.42 Å². The SMILES string of the molecule is C#Cc1cccc2cc(O)cc(-c3nc(CF)c4c(N5CC6CCC(C5)N6)nc(OC[C@@]56CCCN5C[C@H](F)C6)nc4c3F)c12. The summed E-state index contributed by atoms with van der Waals surface area (Å²) >= 11 is 0. The highest BCUT2D eigenvalue weighted by molar-refractivity contribution is 6.03. The number of aromatic hydroxyl groups is 1. The maximum Gasteiger partial charge on any atom is 0.319 e. The lowest BCUT2D eigenvalue weighted by Gasteiger charge is -2.35. The first-order chi connectivity index (χ1) is 21.9. The topological polar surface area (TPSA) is 86.6 Å². The van der Waals surface area contributed by atoms with Crippen LogP contribution in [0.25, 0.3) is 32.9 Å². The average Bonchev–Trinajstić information content (AvgIpc) is 3.69. The zero-order valence-corrected chi connectivity index (χ0v) is 24.7. The van der Waals surface area contributed by atoms with Crippen molar-refractivity contribution < 1.29 is 23.0 Å². The number of ether oxygens (including phenoxy) is 1. The molecule has 8 nitrogen and oxygen atoms in total. The van der Waals surface area contributed by atoms with Gasteiger partial charge >= 0.3 is 6.01 Å². The fourth-order valence-electron chi connectivity index (χ4n) is 8.11. The highest BCUT2D eigenvalue weighted by Crippen LogP contribution is 2.42. The van der Waals surface area contributed by atoms with Crippen molar-refractivity contribution >= 4 is 27.5 Å². The molecule has 0 amide bonds. The minimum absolute atomic E-state index is 0.0138. The molecule has 4 aliphatic heterocycles. The number of alkyl halides is 2. The average molecular weight is 615 g/mol. The van der Waals surface area contributed by atoms with Crippen molar-refractivity contribution in [1.29, 1.82) is 0 Å². The van der Waals surface area contributed by atoms with Crippen molar-refractivity contribution in [2.75, 3.05) is 37.7 Å². The molecule has 4 saturated heterocycles. The number of benzene rings is 2. The van der Waals surface area contributed by atoms with Crippen LogP contribution >= 0.6 is 0 Å². The van der Waals surface area contributed by atoms with Gasteiger partial charge in [0, 0.05) is 54.7 Å². The number of halogens is 3. The van der Waals surface area contributed by atoms with Crippen LogP contribution in [0.4, 0.5) is 19.0 Å². The third-order valence-corrected chi connectivity index (χ3v) is 10.1. The summed E-state index contributed by atoms with van der Waals surface area (Å²) in [6.07, 6.45) is 9.00. The molecule has 2 bridgehead atoms. The van der Waals surface area contributed by atoms with Crippen LogP contribution in [0.15, 0.2) is 30.3 Å². The second-order valence-electron chi connectivity index (χ2n) is 12.9. The highest BCUT2D eigenvalue weighted by Gasteiger charge is 2.49. The molecule has 11 heteroatoms. The van der Waals surface area contributed by atoms with Gasteiger partial charge in [0.15, 0.2) is 5.82 Å². The van der Waals surface area contributed by atoms with Crippen LogP contribution in [0, 0.1) is 18.2 Å². The summed E-state index contributed by atoms with van der Waals surface area (Å²) in [5, 5.41) is 15.5. The minimum atomic E-state index is -0.992. The standard InChI is InChI=1S/C34H33F3N6O2/c1-2-19-5-3-6-20-11-24(44)12-25(27(19)20)30-29(37)31-28(26(14-35)39-30)32(42-16-22-7-8-23(17-42)38-22)41-33(40-31)45-18-34-9-4-10-43(34)15-21(36)13-34/h1,3,5-6,11-12,21-23,38,44H,4,7-10,13-18H2/t21-,22?,23?,34+/m1/s1. The largest absolute Gasteiger partial charge is 0.508 e. The molecule has 232 valence electrons. The van der Waals surface area contributed by atoms with E-state index in [4.69, 9.17) is 16.1 Å². The van der Waals surface area contributed by atoms with Gasteiger partial charge in [-0.1, -0.05) is 18.1 Å². The molecule has 2 aromatic carbocycles. The second-order valence-corrected chi connectivity index (χ2v) is 12.9. The van der Waals surface area contributed by atoms with Gasteiger partial charge in [-0.2, -0.15) is 9.97 Å². The third kappa shape index (κ3) is 4.65. The smallest absolute Gasteiger partial charge is 0.319 e. The van der Waals surface area contributed by atoms with E-state index in [9.17, 15) is 13.9 Å². The molecule has 2 aromatic heterocycles. The summed E-state index contributed by atoms with van der Waals surface area (Å²) in [6.45, 7) is 1.58. The molecule has 4 fully saturated rings. The maximum absolute atomic E-state index is 16.9. The fraction of sp³-hybridized carbons (Fsp3) is 0.441. The number of fused-ring (bicyclic) bond motifs is 5. The van der Waals surface area contributed by atoms with Gasteiger partial charge in [0.25, 0.3) is 0 Å². The summed E-state index contributed by atoms with van der Waals surface area (Å²) in [7, 11) is 0. The number of phenolic OH excluding ortho intramolecular Hbond substituents is 1. The molecule has 4 atom stereocenters. The molecule has 45 heavy (non-hydrogen) atoms. The van der Waals surface area contributed by atoms with E-state index >= 15 is 4.39 Å². The predicted octanol–water partition coefficient (Wildman–Crippen LogP) is 5.04. The first-order valence-corrected chi connectivity index (χ1v) is 15.6. The van der Waals surface area contributed by atoms with Crippen molar-refractivity contribution in [2.24, 2.45) is 0 Å². The number of nitrogens with one attached hydrogen (secondary N) is 1. The van der Waals surface area contributed by atoms with Crippen LogP contribution in [0.2, 0.25) is 0 Å². The minimum Gasteiger partial charge on any atom is -0.508 e. The Morgan fingerprint density at radius 2 is 1.93 bits per heavy atom. The van der Waals surface area contributed by atoms with Crippen molar-refractivity contribution in [3.8, 4) is 35.4 Å². The van der Waals surface area contributed by atoms with Crippen LogP contribution in [-0.2, 0) is 6.67 Å². The molecule has 2 unspecified atom stereocenters. The molecule has 0 saturated carbocycles. The first kappa shape index (κ1) is 28.3. The lowest BCUT2D eigenvalue weighted by Crippen LogP contribution is -2.51. The number of hydrogen-bond acceptors (Lipinski definition) is 8. The van der Waals surface area contributed by atoms with E-state index in [1.54, 1.807) is 18.2 Å². The van der Waals surface area contributed by atoms with Crippen LogP contribution in [0.5, 0.6) is 11.8 Å². The number of nitrogens with zero attached hydrogens (tertiary/aromatic N) is 5. The Balaban J connectivity index is 1.31. The molecular formula is C34H33F3N6O2.